The average Bonchev–Trinajstić information content (AvgIpc) is 2.18. The van der Waals surface area contributed by atoms with Gasteiger partial charge in [-0.05, 0) is 23.2 Å². The predicted octanol–water partition coefficient (Wildman–Crippen LogP) is 2.83. The van der Waals surface area contributed by atoms with Crippen molar-refractivity contribution in [1.82, 2.24) is 4.90 Å². The molecule has 5 heteroatoms. The van der Waals surface area contributed by atoms with E-state index in [-0.39, 0.29) is 6.04 Å². The summed E-state index contributed by atoms with van der Waals surface area (Å²) in [5.41, 5.74) is 9.47. The summed E-state index contributed by atoms with van der Waals surface area (Å²) in [4.78, 5) is 5.03. The van der Waals surface area contributed by atoms with Gasteiger partial charge in [0.05, 0.1) is 6.04 Å². The van der Waals surface area contributed by atoms with Crippen LogP contribution in [0.1, 0.15) is 5.56 Å². The fourth-order valence-corrected chi connectivity index (χ4v) is 1.79. The van der Waals surface area contributed by atoms with Gasteiger partial charge < -0.3 is 0 Å². The van der Waals surface area contributed by atoms with Crippen LogP contribution in [0.3, 0.4) is 0 Å². The van der Waals surface area contributed by atoms with Gasteiger partial charge in [-0.25, -0.2) is 0 Å². The lowest BCUT2D eigenvalue weighted by molar-refractivity contribution is 0.142. The highest BCUT2D eigenvalue weighted by atomic mass is 35.5. The molecule has 0 saturated carbocycles. The topological polar surface area (TPSA) is 52.0 Å². The minimum atomic E-state index is 0.155. The number of azide groups is 1. The summed E-state index contributed by atoms with van der Waals surface area (Å²) < 4.78 is 0. The van der Waals surface area contributed by atoms with Gasteiger partial charge in [0.25, 0.3) is 0 Å². The number of hydrogen-bond donors (Lipinski definition) is 0. The standard InChI is InChI=1S/C10H11ClN4/c11-9-3-1-8(2-4-9)5-15-6-10(7-15)13-14-12/h1-4,10H,5-7H2. The van der Waals surface area contributed by atoms with E-state index in [9.17, 15) is 0 Å². The van der Waals surface area contributed by atoms with Gasteiger partial charge in [0, 0.05) is 29.6 Å². The van der Waals surface area contributed by atoms with E-state index in [1.54, 1.807) is 0 Å². The number of likely N-dealkylation sites (tertiary alicyclic amines) is 1. The van der Waals surface area contributed by atoms with E-state index in [2.05, 4.69) is 14.9 Å². The Kier molecular flexibility index (Phi) is 3.11. The Morgan fingerprint density at radius 2 is 2.07 bits per heavy atom. The zero-order chi connectivity index (χ0) is 10.7. The van der Waals surface area contributed by atoms with E-state index < -0.39 is 0 Å². The number of hydrogen-bond acceptors (Lipinski definition) is 2. The van der Waals surface area contributed by atoms with Gasteiger partial charge in [-0.15, -0.1) is 0 Å². The summed E-state index contributed by atoms with van der Waals surface area (Å²) in [6.45, 7) is 2.61. The quantitative estimate of drug-likeness (QED) is 0.441. The van der Waals surface area contributed by atoms with E-state index in [0.29, 0.717) is 0 Å². The first-order valence-electron chi connectivity index (χ1n) is 4.79. The van der Waals surface area contributed by atoms with E-state index in [1.165, 1.54) is 5.56 Å². The van der Waals surface area contributed by atoms with Crippen molar-refractivity contribution in [2.45, 2.75) is 12.6 Å². The molecule has 0 atom stereocenters. The summed E-state index contributed by atoms with van der Waals surface area (Å²) in [7, 11) is 0. The highest BCUT2D eigenvalue weighted by Crippen LogP contribution is 2.17. The van der Waals surface area contributed by atoms with Crippen LogP contribution in [-0.4, -0.2) is 24.0 Å². The molecule has 1 aromatic rings. The van der Waals surface area contributed by atoms with Crippen LogP contribution in [0.15, 0.2) is 29.4 Å². The lowest BCUT2D eigenvalue weighted by atomic mass is 10.1. The van der Waals surface area contributed by atoms with Crippen LogP contribution < -0.4 is 0 Å². The van der Waals surface area contributed by atoms with Gasteiger partial charge in [0.15, 0.2) is 0 Å². The largest absolute Gasteiger partial charge is 0.298 e. The molecule has 0 aromatic heterocycles. The maximum atomic E-state index is 8.23. The molecular weight excluding hydrogens is 212 g/mol. The van der Waals surface area contributed by atoms with Crippen LogP contribution >= 0.6 is 11.6 Å². The number of benzene rings is 1. The Balaban J connectivity index is 1.84. The minimum Gasteiger partial charge on any atom is -0.298 e. The van der Waals surface area contributed by atoms with Crippen molar-refractivity contribution in [3.8, 4) is 0 Å². The molecule has 1 saturated heterocycles. The SMILES string of the molecule is [N-]=[N+]=NC1CN(Cc2ccc(Cl)cc2)C1. The lowest BCUT2D eigenvalue weighted by Gasteiger charge is -2.36. The molecule has 0 bridgehead atoms. The van der Waals surface area contributed by atoms with E-state index >= 15 is 0 Å². The van der Waals surface area contributed by atoms with Crippen LogP contribution in [0.25, 0.3) is 10.4 Å². The molecular formula is C10H11ClN4. The van der Waals surface area contributed by atoms with Crippen LogP contribution in [0.4, 0.5) is 0 Å². The van der Waals surface area contributed by atoms with Crippen molar-refractivity contribution in [2.24, 2.45) is 5.11 Å². The third-order valence-electron chi connectivity index (χ3n) is 2.47. The molecule has 1 fully saturated rings. The molecule has 1 aliphatic heterocycles. The Hall–Kier alpha value is -1.22. The molecule has 78 valence electrons. The molecule has 15 heavy (non-hydrogen) atoms. The first kappa shape index (κ1) is 10.3. The van der Waals surface area contributed by atoms with Crippen molar-refractivity contribution in [3.05, 3.63) is 45.3 Å². The van der Waals surface area contributed by atoms with Gasteiger partial charge in [0.1, 0.15) is 0 Å². The summed E-state index contributed by atoms with van der Waals surface area (Å²) in [6, 6.07) is 7.97. The lowest BCUT2D eigenvalue weighted by Crippen LogP contribution is -2.48. The second-order valence-electron chi connectivity index (χ2n) is 3.68. The Labute approximate surface area is 93.1 Å². The highest BCUT2D eigenvalue weighted by molar-refractivity contribution is 6.30. The van der Waals surface area contributed by atoms with Crippen molar-refractivity contribution in [3.63, 3.8) is 0 Å². The smallest absolute Gasteiger partial charge is 0.0628 e. The molecule has 1 heterocycles. The van der Waals surface area contributed by atoms with E-state index in [4.69, 9.17) is 17.1 Å². The first-order valence-corrected chi connectivity index (χ1v) is 5.17. The van der Waals surface area contributed by atoms with Crippen molar-refractivity contribution >= 4 is 11.6 Å². The number of rotatable bonds is 3. The minimum absolute atomic E-state index is 0.155. The zero-order valence-corrected chi connectivity index (χ0v) is 8.93. The summed E-state index contributed by atoms with van der Waals surface area (Å²) in [5.74, 6) is 0. The molecule has 4 nitrogen and oxygen atoms in total. The third-order valence-corrected chi connectivity index (χ3v) is 2.72. The molecule has 1 aliphatic rings. The Morgan fingerprint density at radius 1 is 1.40 bits per heavy atom. The summed E-state index contributed by atoms with van der Waals surface area (Å²) in [6.07, 6.45) is 0. The number of nitrogens with zero attached hydrogens (tertiary/aromatic N) is 4. The zero-order valence-electron chi connectivity index (χ0n) is 8.17. The van der Waals surface area contributed by atoms with Crippen LogP contribution in [0, 0.1) is 0 Å². The van der Waals surface area contributed by atoms with Crippen LogP contribution in [-0.2, 0) is 6.54 Å². The molecule has 0 aliphatic carbocycles. The van der Waals surface area contributed by atoms with Gasteiger partial charge in [-0.2, -0.15) is 0 Å². The first-order chi connectivity index (χ1) is 7.28. The highest BCUT2D eigenvalue weighted by Gasteiger charge is 2.24. The van der Waals surface area contributed by atoms with Crippen LogP contribution in [0.2, 0.25) is 5.02 Å². The van der Waals surface area contributed by atoms with E-state index in [0.717, 1.165) is 24.7 Å². The molecule has 0 unspecified atom stereocenters. The number of halogens is 1. The van der Waals surface area contributed by atoms with Crippen molar-refractivity contribution < 1.29 is 0 Å². The second-order valence-corrected chi connectivity index (χ2v) is 4.12. The molecule has 0 amide bonds. The maximum Gasteiger partial charge on any atom is 0.0628 e. The molecule has 0 radical (unpaired) electrons. The molecule has 0 spiro atoms. The second kappa shape index (κ2) is 4.53. The monoisotopic (exact) mass is 222 g/mol. The molecule has 0 N–H and O–H groups in total. The van der Waals surface area contributed by atoms with Crippen LogP contribution in [0.5, 0.6) is 0 Å². The fraction of sp³-hybridized carbons (Fsp3) is 0.400. The fourth-order valence-electron chi connectivity index (χ4n) is 1.67. The summed E-state index contributed by atoms with van der Waals surface area (Å²) in [5, 5.41) is 4.41. The van der Waals surface area contributed by atoms with Gasteiger partial charge in [-0.3, -0.25) is 4.90 Å². The van der Waals surface area contributed by atoms with Gasteiger partial charge in [0.2, 0.25) is 0 Å². The Bertz CT molecular complexity index is 377. The van der Waals surface area contributed by atoms with Crippen molar-refractivity contribution in [1.29, 1.82) is 0 Å². The third kappa shape index (κ3) is 2.63. The van der Waals surface area contributed by atoms with Crippen molar-refractivity contribution in [2.75, 3.05) is 13.1 Å². The normalized spacial score (nSPS) is 16.9. The van der Waals surface area contributed by atoms with Gasteiger partial charge >= 0.3 is 0 Å². The average molecular weight is 223 g/mol. The van der Waals surface area contributed by atoms with E-state index in [1.807, 2.05) is 24.3 Å². The maximum absolute atomic E-state index is 8.23. The predicted molar refractivity (Wildman–Crippen MR) is 59.7 cm³/mol. The Morgan fingerprint density at radius 3 is 2.67 bits per heavy atom. The summed E-state index contributed by atoms with van der Waals surface area (Å²) >= 11 is 5.79. The van der Waals surface area contributed by atoms with Gasteiger partial charge in [-0.1, -0.05) is 28.8 Å². The molecule has 2 rings (SSSR count). The molecule has 1 aromatic carbocycles.